The number of aromatic nitrogens is 1. The van der Waals surface area contributed by atoms with Crippen molar-refractivity contribution < 1.29 is 9.53 Å². The molecule has 1 aromatic rings. The van der Waals surface area contributed by atoms with Crippen LogP contribution in [0.2, 0.25) is 0 Å². The van der Waals surface area contributed by atoms with Crippen LogP contribution in [0.15, 0.2) is 10.1 Å². The lowest BCUT2D eigenvalue weighted by Gasteiger charge is -2.14. The molecule has 1 aliphatic heterocycles. The summed E-state index contributed by atoms with van der Waals surface area (Å²) in [4.78, 5) is 19.6. The fraction of sp³-hybridized carbons (Fsp3) is 0.500. The van der Waals surface area contributed by atoms with E-state index in [0.717, 1.165) is 33.6 Å². The Morgan fingerprint density at radius 1 is 1.43 bits per heavy atom. The second kappa shape index (κ2) is 5.55. The summed E-state index contributed by atoms with van der Waals surface area (Å²) < 4.78 is 4.83. The zero-order chi connectivity index (χ0) is 15.0. The van der Waals surface area contributed by atoms with E-state index in [1.165, 1.54) is 20.0 Å². The lowest BCUT2D eigenvalue weighted by atomic mass is 10.1. The third-order valence-electron chi connectivity index (χ3n) is 3.59. The number of nitrogens with zero attached hydrogens (tertiary/aromatic N) is 2. The summed E-state index contributed by atoms with van der Waals surface area (Å²) in [5.41, 5.74) is 7.06. The van der Waals surface area contributed by atoms with Crippen LogP contribution in [0.5, 0.6) is 0 Å². The SMILES string of the molecule is COC(=O)c1c(C)[nH]c(C2=NNC(=NC3CC3)SC2)c1C. The molecule has 1 saturated carbocycles. The van der Waals surface area contributed by atoms with Crippen LogP contribution in [-0.4, -0.2) is 40.7 Å². The highest BCUT2D eigenvalue weighted by atomic mass is 32.2. The van der Waals surface area contributed by atoms with Gasteiger partial charge in [-0.05, 0) is 32.3 Å². The van der Waals surface area contributed by atoms with Crippen LogP contribution in [0.25, 0.3) is 0 Å². The van der Waals surface area contributed by atoms with Crippen molar-refractivity contribution in [2.24, 2.45) is 10.1 Å². The number of hydrazone groups is 1. The van der Waals surface area contributed by atoms with Crippen molar-refractivity contribution in [2.45, 2.75) is 32.7 Å². The number of amidine groups is 1. The fourth-order valence-electron chi connectivity index (χ4n) is 2.33. The molecule has 1 fully saturated rings. The number of aliphatic imine (C=N–C) groups is 1. The van der Waals surface area contributed by atoms with Gasteiger partial charge < -0.3 is 9.72 Å². The number of H-pyrrole nitrogens is 1. The summed E-state index contributed by atoms with van der Waals surface area (Å²) >= 11 is 1.64. The highest BCUT2D eigenvalue weighted by Gasteiger charge is 2.25. The number of hydrogen-bond donors (Lipinski definition) is 2. The highest BCUT2D eigenvalue weighted by molar-refractivity contribution is 8.14. The van der Waals surface area contributed by atoms with Crippen LogP contribution < -0.4 is 5.43 Å². The first-order valence-corrected chi connectivity index (χ1v) is 7.89. The lowest BCUT2D eigenvalue weighted by molar-refractivity contribution is 0.0599. The minimum Gasteiger partial charge on any atom is -0.465 e. The average molecular weight is 306 g/mol. The van der Waals surface area contributed by atoms with Gasteiger partial charge in [-0.15, -0.1) is 0 Å². The molecule has 6 nitrogen and oxygen atoms in total. The molecule has 0 amide bonds. The zero-order valence-electron chi connectivity index (χ0n) is 12.3. The summed E-state index contributed by atoms with van der Waals surface area (Å²) in [6.07, 6.45) is 2.36. The molecule has 2 heterocycles. The van der Waals surface area contributed by atoms with Crippen LogP contribution in [0.4, 0.5) is 0 Å². The van der Waals surface area contributed by atoms with E-state index < -0.39 is 0 Å². The fourth-order valence-corrected chi connectivity index (χ4v) is 3.14. The molecule has 7 heteroatoms. The predicted molar refractivity (Wildman–Crippen MR) is 84.2 cm³/mol. The van der Waals surface area contributed by atoms with Gasteiger partial charge in [-0.25, -0.2) is 4.79 Å². The number of carbonyl (C=O) groups is 1. The number of carbonyl (C=O) groups excluding carboxylic acids is 1. The average Bonchev–Trinajstić information content (AvgIpc) is 3.24. The molecule has 0 atom stereocenters. The van der Waals surface area contributed by atoms with Crippen molar-refractivity contribution in [1.82, 2.24) is 10.4 Å². The van der Waals surface area contributed by atoms with E-state index in [1.54, 1.807) is 11.8 Å². The minimum absolute atomic E-state index is 0.319. The van der Waals surface area contributed by atoms with Crippen molar-refractivity contribution >= 4 is 28.6 Å². The van der Waals surface area contributed by atoms with Crippen molar-refractivity contribution in [3.05, 3.63) is 22.5 Å². The molecule has 0 bridgehead atoms. The molecule has 3 rings (SSSR count). The summed E-state index contributed by atoms with van der Waals surface area (Å²) in [5, 5.41) is 5.28. The van der Waals surface area contributed by atoms with Crippen molar-refractivity contribution in [1.29, 1.82) is 0 Å². The van der Waals surface area contributed by atoms with Gasteiger partial charge in [0, 0.05) is 11.4 Å². The molecule has 1 aromatic heterocycles. The summed E-state index contributed by atoms with van der Waals surface area (Å²) in [7, 11) is 1.39. The Morgan fingerprint density at radius 2 is 2.19 bits per heavy atom. The summed E-state index contributed by atoms with van der Waals surface area (Å²) in [5.74, 6) is 0.417. The van der Waals surface area contributed by atoms with E-state index in [0.29, 0.717) is 11.6 Å². The number of aromatic amines is 1. The van der Waals surface area contributed by atoms with E-state index in [-0.39, 0.29) is 5.97 Å². The van der Waals surface area contributed by atoms with E-state index in [1.807, 2.05) is 13.8 Å². The molecule has 0 saturated heterocycles. The van der Waals surface area contributed by atoms with E-state index >= 15 is 0 Å². The Balaban J connectivity index is 1.84. The maximum atomic E-state index is 11.8. The van der Waals surface area contributed by atoms with Crippen molar-refractivity contribution in [3.63, 3.8) is 0 Å². The first kappa shape index (κ1) is 14.2. The van der Waals surface area contributed by atoms with Gasteiger partial charge in [-0.1, -0.05) is 11.8 Å². The third kappa shape index (κ3) is 2.83. The van der Waals surface area contributed by atoms with Crippen molar-refractivity contribution in [2.75, 3.05) is 12.9 Å². The lowest BCUT2D eigenvalue weighted by Crippen LogP contribution is -2.26. The molecule has 112 valence electrons. The predicted octanol–water partition coefficient (Wildman–Crippen LogP) is 1.98. The van der Waals surface area contributed by atoms with E-state index in [9.17, 15) is 4.79 Å². The Bertz CT molecular complexity index is 644. The number of nitrogens with one attached hydrogen (secondary N) is 2. The molecule has 2 aliphatic rings. The maximum absolute atomic E-state index is 11.8. The van der Waals surface area contributed by atoms with Gasteiger partial charge in [0.2, 0.25) is 0 Å². The van der Waals surface area contributed by atoms with Crippen molar-refractivity contribution in [3.8, 4) is 0 Å². The smallest absolute Gasteiger partial charge is 0.339 e. The molecule has 0 radical (unpaired) electrons. The number of thioether (sulfide) groups is 1. The molecule has 21 heavy (non-hydrogen) atoms. The number of aryl methyl sites for hydroxylation is 1. The first-order valence-electron chi connectivity index (χ1n) is 6.91. The normalized spacial score (nSPS) is 20.1. The van der Waals surface area contributed by atoms with Gasteiger partial charge in [0.05, 0.1) is 30.1 Å². The number of esters is 1. The van der Waals surface area contributed by atoms with Crippen LogP contribution in [0, 0.1) is 13.8 Å². The van der Waals surface area contributed by atoms with Gasteiger partial charge in [0.25, 0.3) is 0 Å². The van der Waals surface area contributed by atoms with Gasteiger partial charge in [-0.2, -0.15) is 5.10 Å². The number of ether oxygens (including phenoxy) is 1. The van der Waals surface area contributed by atoms with Gasteiger partial charge in [0.1, 0.15) is 0 Å². The molecular weight excluding hydrogens is 288 g/mol. The number of hydrogen-bond acceptors (Lipinski definition) is 5. The largest absolute Gasteiger partial charge is 0.465 e. The Labute approximate surface area is 127 Å². The van der Waals surface area contributed by atoms with Crippen LogP contribution >= 0.6 is 11.8 Å². The number of methoxy groups -OCH3 is 1. The van der Waals surface area contributed by atoms with Gasteiger partial charge in [0.15, 0.2) is 5.17 Å². The Hall–Kier alpha value is -1.76. The molecule has 0 unspecified atom stereocenters. The topological polar surface area (TPSA) is 78.8 Å². The Morgan fingerprint density at radius 3 is 2.76 bits per heavy atom. The summed E-state index contributed by atoms with van der Waals surface area (Å²) in [6.45, 7) is 3.78. The quantitative estimate of drug-likeness (QED) is 0.837. The number of rotatable bonds is 3. The molecule has 0 spiro atoms. The molecular formula is C14H18N4O2S. The third-order valence-corrected chi connectivity index (χ3v) is 4.48. The maximum Gasteiger partial charge on any atom is 0.339 e. The minimum atomic E-state index is -0.319. The zero-order valence-corrected chi connectivity index (χ0v) is 13.1. The summed E-state index contributed by atoms with van der Waals surface area (Å²) in [6, 6.07) is 0.483. The van der Waals surface area contributed by atoms with Gasteiger partial charge in [-0.3, -0.25) is 10.4 Å². The first-order chi connectivity index (χ1) is 10.1. The van der Waals surface area contributed by atoms with E-state index in [4.69, 9.17) is 4.74 Å². The molecule has 0 aromatic carbocycles. The van der Waals surface area contributed by atoms with Crippen LogP contribution in [0.1, 0.15) is 40.2 Å². The van der Waals surface area contributed by atoms with Gasteiger partial charge >= 0.3 is 5.97 Å². The second-order valence-electron chi connectivity index (χ2n) is 5.24. The second-order valence-corrected chi connectivity index (χ2v) is 6.21. The highest BCUT2D eigenvalue weighted by Crippen LogP contribution is 2.26. The van der Waals surface area contributed by atoms with Crippen LogP contribution in [-0.2, 0) is 4.74 Å². The molecule has 2 N–H and O–H groups in total. The standard InChI is InChI=1S/C14H18N4O2S/c1-7-11(13(19)20-3)8(2)15-12(7)10-6-21-14(18-17-10)16-9-4-5-9/h9,15H,4-6H2,1-3H3,(H,16,18). The van der Waals surface area contributed by atoms with Crippen LogP contribution in [0.3, 0.4) is 0 Å². The van der Waals surface area contributed by atoms with E-state index in [2.05, 4.69) is 20.5 Å². The monoisotopic (exact) mass is 306 g/mol. The molecule has 1 aliphatic carbocycles. The Kier molecular flexibility index (Phi) is 3.75.